The van der Waals surface area contributed by atoms with E-state index in [-0.39, 0.29) is 75.1 Å². The van der Waals surface area contributed by atoms with Gasteiger partial charge in [-0.15, -0.1) is 0 Å². The molecule has 7 nitrogen and oxygen atoms in total. The number of hydrogen-bond donors (Lipinski definition) is 1. The number of rotatable bonds is 9. The maximum atomic E-state index is 12.3. The average Bonchev–Trinajstić information content (AvgIpc) is 2.62. The van der Waals surface area contributed by atoms with Crippen LogP contribution in [0.4, 0.5) is 0 Å². The van der Waals surface area contributed by atoms with Crippen LogP contribution >= 0.6 is 0 Å². The quantitative estimate of drug-likeness (QED) is 0.299. The summed E-state index contributed by atoms with van der Waals surface area (Å²) in [5.74, 6) is -1.53. The Morgan fingerprint density at radius 2 is 1.22 bits per heavy atom. The molecule has 0 bridgehead atoms. The second-order valence-corrected chi connectivity index (χ2v) is 7.33. The molecule has 1 aromatic rings. The van der Waals surface area contributed by atoms with Crippen LogP contribution in [0, 0.1) is 0 Å². The van der Waals surface area contributed by atoms with Gasteiger partial charge in [0.2, 0.25) is 0 Å². The van der Waals surface area contributed by atoms with Crippen molar-refractivity contribution in [1.82, 2.24) is 0 Å². The fourth-order valence-electron chi connectivity index (χ4n) is 2.33. The number of benzene rings is 1. The first kappa shape index (κ1) is 26.6. The van der Waals surface area contributed by atoms with Crippen LogP contribution in [0.2, 0.25) is 0 Å². The predicted molar refractivity (Wildman–Crippen MR) is 104 cm³/mol. The van der Waals surface area contributed by atoms with Crippen LogP contribution in [0.1, 0.15) is 76.9 Å². The molecule has 150 valence electrons. The first-order valence-corrected chi connectivity index (χ1v) is 10.1. The van der Waals surface area contributed by atoms with Gasteiger partial charge < -0.3 is 12.3 Å². The standard InChI is InChI=1S/C18H26O7S.Ba.2H/c1-5-14(6-2)24-17(19)12-9-13(11-16(10-12)26(21,22)23)18(20)25-15(7-3)8-4;;;/h9-11,14-15H,5-8H2,1-4H3,(H,21,22,23);;;/q;+2;2*-1. The van der Waals surface area contributed by atoms with E-state index in [4.69, 9.17) is 9.47 Å². The molecule has 1 aromatic carbocycles. The number of esters is 2. The van der Waals surface area contributed by atoms with Crippen LogP contribution in [0.25, 0.3) is 0 Å². The average molecular weight is 526 g/mol. The molecule has 0 spiro atoms. The zero-order valence-electron chi connectivity index (χ0n) is 18.2. The Morgan fingerprint density at radius 3 is 1.48 bits per heavy atom. The molecule has 0 aliphatic heterocycles. The first-order valence-electron chi connectivity index (χ1n) is 8.70. The predicted octanol–water partition coefficient (Wildman–Crippen LogP) is 3.47. The molecule has 0 amide bonds. The Bertz CT molecular complexity index is 704. The van der Waals surface area contributed by atoms with Crippen molar-refractivity contribution in [3.63, 3.8) is 0 Å². The van der Waals surface area contributed by atoms with Gasteiger partial charge in [-0.05, 0) is 43.9 Å². The van der Waals surface area contributed by atoms with Crippen molar-refractivity contribution >= 4 is 70.9 Å². The Balaban J connectivity index is -0.00000225. The Morgan fingerprint density at radius 1 is 0.889 bits per heavy atom. The van der Waals surface area contributed by atoms with Gasteiger partial charge in [0, 0.05) is 0 Å². The summed E-state index contributed by atoms with van der Waals surface area (Å²) in [5.41, 5.74) is -0.271. The Hall–Kier alpha value is -0.359. The van der Waals surface area contributed by atoms with E-state index in [1.807, 2.05) is 27.7 Å². The second-order valence-electron chi connectivity index (χ2n) is 5.91. The zero-order chi connectivity index (χ0) is 19.9. The minimum absolute atomic E-state index is 0. The molecule has 0 radical (unpaired) electrons. The summed E-state index contributed by atoms with van der Waals surface area (Å²) in [5, 5.41) is 0. The molecular weight excluding hydrogens is 498 g/mol. The van der Waals surface area contributed by atoms with Crippen molar-refractivity contribution in [2.45, 2.75) is 70.5 Å². The third-order valence-corrected chi connectivity index (χ3v) is 4.88. The summed E-state index contributed by atoms with van der Waals surface area (Å²) < 4.78 is 42.9. The fraction of sp³-hybridized carbons (Fsp3) is 0.556. The van der Waals surface area contributed by atoms with Crippen LogP contribution in [0.5, 0.6) is 0 Å². The summed E-state index contributed by atoms with van der Waals surface area (Å²) >= 11 is 0. The van der Waals surface area contributed by atoms with Gasteiger partial charge in [-0.1, -0.05) is 27.7 Å². The molecule has 1 rings (SSSR count). The molecule has 0 aliphatic rings. The molecule has 9 heteroatoms. The van der Waals surface area contributed by atoms with E-state index in [0.717, 1.165) is 12.1 Å². The van der Waals surface area contributed by atoms with Crippen molar-refractivity contribution in [3.8, 4) is 0 Å². The van der Waals surface area contributed by atoms with E-state index in [1.54, 1.807) is 0 Å². The minimum Gasteiger partial charge on any atom is -1.00 e. The SMILES string of the molecule is CCC(CC)OC(=O)c1cc(C(=O)OC(CC)CC)cc(S(=O)(=O)O)c1.[Ba+2].[H-].[H-]. The van der Waals surface area contributed by atoms with E-state index in [2.05, 4.69) is 0 Å². The third kappa shape index (κ3) is 8.26. The van der Waals surface area contributed by atoms with Crippen molar-refractivity contribution in [2.24, 2.45) is 0 Å². The van der Waals surface area contributed by atoms with Crippen LogP contribution in [-0.4, -0.2) is 86.0 Å². The summed E-state index contributed by atoms with van der Waals surface area (Å²) in [7, 11) is -4.61. The van der Waals surface area contributed by atoms with Gasteiger partial charge in [-0.2, -0.15) is 8.42 Å². The molecule has 0 aliphatic carbocycles. The molecule has 1 N–H and O–H groups in total. The smallest absolute Gasteiger partial charge is 1.00 e. The van der Waals surface area contributed by atoms with Gasteiger partial charge in [0.05, 0.1) is 16.0 Å². The van der Waals surface area contributed by atoms with E-state index in [0.29, 0.717) is 25.7 Å². The van der Waals surface area contributed by atoms with Crippen molar-refractivity contribution < 1.29 is 34.9 Å². The van der Waals surface area contributed by atoms with Crippen molar-refractivity contribution in [1.29, 1.82) is 0 Å². The maximum absolute atomic E-state index is 12.3. The van der Waals surface area contributed by atoms with Gasteiger partial charge in [-0.25, -0.2) is 9.59 Å². The van der Waals surface area contributed by atoms with Gasteiger partial charge in [-0.3, -0.25) is 4.55 Å². The number of hydrogen-bond acceptors (Lipinski definition) is 6. The molecule has 0 unspecified atom stereocenters. The van der Waals surface area contributed by atoms with Gasteiger partial charge in [0.15, 0.2) is 0 Å². The van der Waals surface area contributed by atoms with Crippen LogP contribution in [0.15, 0.2) is 23.1 Å². The molecular formula is C18H28BaO7S. The van der Waals surface area contributed by atoms with Gasteiger partial charge >= 0.3 is 60.8 Å². The van der Waals surface area contributed by atoms with Crippen molar-refractivity contribution in [3.05, 3.63) is 29.3 Å². The molecule has 0 atom stereocenters. The van der Waals surface area contributed by atoms with Gasteiger partial charge in [0.1, 0.15) is 12.2 Å². The summed E-state index contributed by atoms with van der Waals surface area (Å²) in [6, 6.07) is 3.17. The second kappa shape index (κ2) is 12.3. The maximum Gasteiger partial charge on any atom is 2.00 e. The summed E-state index contributed by atoms with van der Waals surface area (Å²) in [4.78, 5) is 24.1. The molecule has 27 heavy (non-hydrogen) atoms. The topological polar surface area (TPSA) is 107 Å². The normalized spacial score (nSPS) is 11.2. The molecule has 0 saturated carbocycles. The van der Waals surface area contributed by atoms with E-state index >= 15 is 0 Å². The monoisotopic (exact) mass is 526 g/mol. The van der Waals surface area contributed by atoms with E-state index < -0.39 is 27.0 Å². The van der Waals surface area contributed by atoms with Crippen LogP contribution < -0.4 is 0 Å². The fourth-order valence-corrected chi connectivity index (χ4v) is 2.88. The first-order chi connectivity index (χ1) is 12.2. The van der Waals surface area contributed by atoms with E-state index in [9.17, 15) is 22.6 Å². The minimum atomic E-state index is -4.61. The Kier molecular flexibility index (Phi) is 12.1. The molecule has 0 aromatic heterocycles. The van der Waals surface area contributed by atoms with E-state index in [1.165, 1.54) is 6.07 Å². The summed E-state index contributed by atoms with van der Waals surface area (Å²) in [6.45, 7) is 7.42. The van der Waals surface area contributed by atoms with Gasteiger partial charge in [0.25, 0.3) is 10.1 Å². The summed E-state index contributed by atoms with van der Waals surface area (Å²) in [6.07, 6.45) is 1.76. The largest absolute Gasteiger partial charge is 2.00 e. The van der Waals surface area contributed by atoms with Crippen molar-refractivity contribution in [2.75, 3.05) is 0 Å². The van der Waals surface area contributed by atoms with Crippen LogP contribution in [0.3, 0.4) is 0 Å². The molecule has 0 fully saturated rings. The molecule has 0 saturated heterocycles. The van der Waals surface area contributed by atoms with Crippen LogP contribution in [-0.2, 0) is 19.6 Å². The third-order valence-electron chi connectivity index (χ3n) is 4.04. The Labute approximate surface area is 204 Å². The molecule has 0 heterocycles. The number of ether oxygens (including phenoxy) is 2. The number of carbonyl (C=O) groups excluding carboxylic acids is 2. The zero-order valence-corrected chi connectivity index (χ0v) is 21.5. The number of carbonyl (C=O) groups is 2.